The van der Waals surface area contributed by atoms with Gasteiger partial charge in [0.15, 0.2) is 0 Å². The van der Waals surface area contributed by atoms with Crippen LogP contribution in [-0.4, -0.2) is 19.0 Å². The molecule has 0 atom stereocenters. The molecule has 0 bridgehead atoms. The van der Waals surface area contributed by atoms with Gasteiger partial charge < -0.3 is 10.5 Å². The molecule has 1 amide bonds. The molecule has 0 spiro atoms. The quantitative estimate of drug-likeness (QED) is 0.389. The summed E-state index contributed by atoms with van der Waals surface area (Å²) < 4.78 is 4.36. The predicted molar refractivity (Wildman–Crippen MR) is 33.9 cm³/mol. The van der Waals surface area contributed by atoms with Crippen LogP contribution in [-0.2, 0) is 9.53 Å². The Balaban J connectivity index is 3.90. The van der Waals surface area contributed by atoms with Crippen molar-refractivity contribution in [1.29, 1.82) is 5.26 Å². The van der Waals surface area contributed by atoms with E-state index in [1.165, 1.54) is 7.11 Å². The summed E-state index contributed by atoms with van der Waals surface area (Å²) in [5, 5.41) is 8.00. The minimum absolute atomic E-state index is 0.222. The molecular formula is C5H7N3O2. The molecule has 0 fully saturated rings. The van der Waals surface area contributed by atoms with E-state index in [0.717, 1.165) is 0 Å². The Bertz CT molecular complexity index is 192. The summed E-state index contributed by atoms with van der Waals surface area (Å²) in [7, 11) is 1.29. The van der Waals surface area contributed by atoms with E-state index < -0.39 is 5.91 Å². The van der Waals surface area contributed by atoms with Gasteiger partial charge in [-0.15, -0.1) is 0 Å². The molecule has 0 unspecified atom stereocenters. The van der Waals surface area contributed by atoms with E-state index in [1.807, 2.05) is 0 Å². The van der Waals surface area contributed by atoms with Crippen molar-refractivity contribution in [2.45, 2.75) is 6.42 Å². The van der Waals surface area contributed by atoms with E-state index in [2.05, 4.69) is 9.73 Å². The number of carbonyl (C=O) groups excluding carboxylic acids is 1. The van der Waals surface area contributed by atoms with Gasteiger partial charge in [-0.25, -0.2) is 0 Å². The maximum Gasteiger partial charge on any atom is 0.289 e. The van der Waals surface area contributed by atoms with Gasteiger partial charge in [-0.1, -0.05) is 0 Å². The van der Waals surface area contributed by atoms with Crippen LogP contribution in [0.15, 0.2) is 4.99 Å². The minimum atomic E-state index is -0.596. The Morgan fingerprint density at radius 2 is 2.50 bits per heavy atom. The molecule has 0 saturated carbocycles. The summed E-state index contributed by atoms with van der Waals surface area (Å²) in [5.41, 5.74) is 5.00. The number of amides is 1. The topological polar surface area (TPSA) is 88.5 Å². The van der Waals surface area contributed by atoms with Gasteiger partial charge in [-0.05, 0) is 0 Å². The lowest BCUT2D eigenvalue weighted by molar-refractivity contribution is -0.116. The highest BCUT2D eigenvalue weighted by atomic mass is 16.5. The SMILES string of the molecule is COC(N)=NC(=O)CC#N. The fourth-order valence-electron chi connectivity index (χ4n) is 0.276. The van der Waals surface area contributed by atoms with Gasteiger partial charge in [0.25, 0.3) is 11.9 Å². The minimum Gasteiger partial charge on any atom is -0.468 e. The number of hydrogen-bond acceptors (Lipinski definition) is 3. The van der Waals surface area contributed by atoms with Crippen LogP contribution < -0.4 is 5.73 Å². The second kappa shape index (κ2) is 4.32. The van der Waals surface area contributed by atoms with E-state index in [9.17, 15) is 4.79 Å². The molecule has 54 valence electrons. The maximum absolute atomic E-state index is 10.4. The lowest BCUT2D eigenvalue weighted by atomic mass is 10.5. The standard InChI is InChI=1S/C5H7N3O2/c1-10-5(7)8-4(9)2-3-6/h2H2,1H3,(H2,7,8,9). The molecule has 0 aromatic carbocycles. The Hall–Kier alpha value is -1.57. The van der Waals surface area contributed by atoms with Crippen molar-refractivity contribution in [1.82, 2.24) is 0 Å². The summed E-state index contributed by atoms with van der Waals surface area (Å²) in [6, 6.07) is 1.41. The maximum atomic E-state index is 10.4. The number of nitrogens with zero attached hydrogens (tertiary/aromatic N) is 2. The fourth-order valence-corrected chi connectivity index (χ4v) is 0.276. The van der Waals surface area contributed by atoms with E-state index in [1.54, 1.807) is 6.07 Å². The smallest absolute Gasteiger partial charge is 0.289 e. The molecule has 0 aromatic rings. The van der Waals surface area contributed by atoms with Gasteiger partial charge in [-0.3, -0.25) is 4.79 Å². The fraction of sp³-hybridized carbons (Fsp3) is 0.400. The molecule has 0 radical (unpaired) electrons. The van der Waals surface area contributed by atoms with Crippen molar-refractivity contribution in [3.8, 4) is 6.07 Å². The molecule has 0 aliphatic heterocycles. The molecule has 2 N–H and O–H groups in total. The predicted octanol–water partition coefficient (Wildman–Crippen LogP) is -0.612. The van der Waals surface area contributed by atoms with Gasteiger partial charge in [0.1, 0.15) is 6.42 Å². The lowest BCUT2D eigenvalue weighted by Crippen LogP contribution is -2.15. The molecule has 0 saturated heterocycles. The van der Waals surface area contributed by atoms with E-state index in [0.29, 0.717) is 0 Å². The van der Waals surface area contributed by atoms with Crippen LogP contribution in [0, 0.1) is 11.3 Å². The van der Waals surface area contributed by atoms with E-state index >= 15 is 0 Å². The molecule has 0 aliphatic rings. The molecule has 5 heteroatoms. The third-order valence-corrected chi connectivity index (χ3v) is 0.674. The number of methoxy groups -OCH3 is 1. The van der Waals surface area contributed by atoms with Crippen molar-refractivity contribution < 1.29 is 9.53 Å². The average molecular weight is 141 g/mol. The van der Waals surface area contributed by atoms with Crippen LogP contribution in [0.5, 0.6) is 0 Å². The second-order valence-electron chi connectivity index (χ2n) is 1.38. The van der Waals surface area contributed by atoms with Crippen LogP contribution in [0.1, 0.15) is 6.42 Å². The number of nitrogens with two attached hydrogens (primary N) is 1. The van der Waals surface area contributed by atoms with Gasteiger partial charge >= 0.3 is 0 Å². The van der Waals surface area contributed by atoms with Crippen LogP contribution in [0.3, 0.4) is 0 Å². The van der Waals surface area contributed by atoms with Crippen molar-refractivity contribution >= 4 is 11.9 Å². The number of aliphatic imine (C=N–C) groups is 1. The van der Waals surface area contributed by atoms with Gasteiger partial charge in [0, 0.05) is 0 Å². The number of rotatable bonds is 1. The summed E-state index contributed by atoms with van der Waals surface area (Å²) in [5.74, 6) is -0.596. The van der Waals surface area contributed by atoms with E-state index in [4.69, 9.17) is 11.0 Å². The van der Waals surface area contributed by atoms with Crippen molar-refractivity contribution in [3.63, 3.8) is 0 Å². The Kier molecular flexibility index (Phi) is 3.64. The number of nitriles is 1. The summed E-state index contributed by atoms with van der Waals surface area (Å²) >= 11 is 0. The second-order valence-corrected chi connectivity index (χ2v) is 1.38. The number of carbonyl (C=O) groups is 1. The summed E-state index contributed by atoms with van der Waals surface area (Å²) in [4.78, 5) is 13.6. The van der Waals surface area contributed by atoms with Crippen molar-refractivity contribution in [2.24, 2.45) is 10.7 Å². The number of amidine groups is 1. The molecule has 0 aliphatic carbocycles. The Morgan fingerprint density at radius 3 is 2.90 bits per heavy atom. The Morgan fingerprint density at radius 1 is 1.90 bits per heavy atom. The van der Waals surface area contributed by atoms with Gasteiger partial charge in [0.2, 0.25) is 0 Å². The highest BCUT2D eigenvalue weighted by Gasteiger charge is 1.97. The van der Waals surface area contributed by atoms with Gasteiger partial charge in [-0.2, -0.15) is 10.3 Å². The first-order valence-corrected chi connectivity index (χ1v) is 2.48. The van der Waals surface area contributed by atoms with Crippen LogP contribution in [0.2, 0.25) is 0 Å². The largest absolute Gasteiger partial charge is 0.468 e. The highest BCUT2D eigenvalue weighted by molar-refractivity contribution is 5.90. The van der Waals surface area contributed by atoms with Crippen molar-refractivity contribution in [2.75, 3.05) is 7.11 Å². The molecule has 0 aromatic heterocycles. The molecule has 10 heavy (non-hydrogen) atoms. The van der Waals surface area contributed by atoms with Crippen molar-refractivity contribution in [3.05, 3.63) is 0 Å². The zero-order valence-electron chi connectivity index (χ0n) is 5.50. The average Bonchev–Trinajstić information content (AvgIpc) is 1.88. The van der Waals surface area contributed by atoms with E-state index in [-0.39, 0.29) is 12.4 Å². The first-order valence-electron chi connectivity index (χ1n) is 2.48. The number of hydrogen-bond donors (Lipinski definition) is 1. The Labute approximate surface area is 58.1 Å². The normalized spacial score (nSPS) is 10.2. The van der Waals surface area contributed by atoms with Crippen LogP contribution in [0.25, 0.3) is 0 Å². The first kappa shape index (κ1) is 8.43. The summed E-state index contributed by atoms with van der Waals surface area (Å²) in [6.45, 7) is 0. The molecule has 0 rings (SSSR count). The molecule has 0 heterocycles. The zero-order valence-corrected chi connectivity index (χ0v) is 5.50. The van der Waals surface area contributed by atoms with Crippen LogP contribution >= 0.6 is 0 Å². The monoisotopic (exact) mass is 141 g/mol. The third kappa shape index (κ3) is 3.43. The summed E-state index contributed by atoms with van der Waals surface area (Å²) in [6.07, 6.45) is -0.274. The highest BCUT2D eigenvalue weighted by Crippen LogP contribution is 1.82. The van der Waals surface area contributed by atoms with Crippen LogP contribution in [0.4, 0.5) is 0 Å². The first-order chi connectivity index (χ1) is 4.70. The zero-order chi connectivity index (χ0) is 7.98. The third-order valence-electron chi connectivity index (χ3n) is 0.674. The lowest BCUT2D eigenvalue weighted by Gasteiger charge is -1.92. The van der Waals surface area contributed by atoms with Gasteiger partial charge in [0.05, 0.1) is 13.2 Å². The number of ether oxygens (including phenoxy) is 1. The molecular weight excluding hydrogens is 134 g/mol. The molecule has 5 nitrogen and oxygen atoms in total.